The molecule has 1 fully saturated rings. The summed E-state index contributed by atoms with van der Waals surface area (Å²) in [6, 6.07) is 6.07. The maximum atomic E-state index is 12.4. The zero-order valence-corrected chi connectivity index (χ0v) is 13.9. The molecule has 122 valence electrons. The summed E-state index contributed by atoms with van der Waals surface area (Å²) < 4.78 is 5.08. The highest BCUT2D eigenvalue weighted by Crippen LogP contribution is 2.20. The van der Waals surface area contributed by atoms with Gasteiger partial charge in [0.1, 0.15) is 0 Å². The van der Waals surface area contributed by atoms with Gasteiger partial charge in [0, 0.05) is 52.1 Å². The summed E-state index contributed by atoms with van der Waals surface area (Å²) in [5.74, 6) is 0. The molecular weight excluding hydrogens is 278 g/mol. The topological polar surface area (TPSA) is 44.8 Å². The number of rotatable bonds is 5. The highest BCUT2D eigenvalue weighted by molar-refractivity contribution is 5.91. The lowest BCUT2D eigenvalue weighted by Gasteiger charge is -2.34. The molecule has 1 saturated heterocycles. The quantitative estimate of drug-likeness (QED) is 0.850. The number of nitrogens with zero attached hydrogens (tertiary/aromatic N) is 2. The molecule has 1 aromatic carbocycles. The van der Waals surface area contributed by atoms with E-state index in [0.29, 0.717) is 0 Å². The number of para-hydroxylation sites is 1. The van der Waals surface area contributed by atoms with Crippen LogP contribution >= 0.6 is 0 Å². The molecule has 1 aliphatic heterocycles. The standard InChI is InChI=1S/C17H27N3O2/c1-14-6-4-7-15(2)16(14)18-17(21)20-11-9-19(10-12-20)8-5-13-22-3/h4,6-7H,5,8-13H2,1-3H3,(H,18,21). The van der Waals surface area contributed by atoms with Gasteiger partial charge in [-0.2, -0.15) is 0 Å². The van der Waals surface area contributed by atoms with Gasteiger partial charge in [0.15, 0.2) is 0 Å². The molecule has 1 heterocycles. The van der Waals surface area contributed by atoms with Crippen LogP contribution in [0.15, 0.2) is 18.2 Å². The second-order valence-electron chi connectivity index (χ2n) is 5.87. The molecule has 0 radical (unpaired) electrons. The minimum atomic E-state index is 0.00828. The fraction of sp³-hybridized carbons (Fsp3) is 0.588. The number of hydrogen-bond donors (Lipinski definition) is 1. The number of nitrogens with one attached hydrogen (secondary N) is 1. The van der Waals surface area contributed by atoms with Crippen LogP contribution in [0.1, 0.15) is 17.5 Å². The Hall–Kier alpha value is -1.59. The number of carbonyl (C=O) groups excluding carboxylic acids is 1. The van der Waals surface area contributed by atoms with Gasteiger partial charge in [0.25, 0.3) is 0 Å². The van der Waals surface area contributed by atoms with Crippen molar-refractivity contribution in [3.05, 3.63) is 29.3 Å². The van der Waals surface area contributed by atoms with Crippen LogP contribution in [-0.2, 0) is 4.74 Å². The number of benzene rings is 1. The Morgan fingerprint density at radius 3 is 2.41 bits per heavy atom. The van der Waals surface area contributed by atoms with Crippen molar-refractivity contribution in [2.75, 3.05) is 51.8 Å². The molecule has 22 heavy (non-hydrogen) atoms. The number of anilines is 1. The molecule has 1 aromatic rings. The number of amides is 2. The Morgan fingerprint density at radius 1 is 1.18 bits per heavy atom. The molecule has 1 N–H and O–H groups in total. The summed E-state index contributed by atoms with van der Waals surface area (Å²) in [7, 11) is 1.73. The van der Waals surface area contributed by atoms with Crippen LogP contribution in [0.5, 0.6) is 0 Å². The monoisotopic (exact) mass is 305 g/mol. The zero-order chi connectivity index (χ0) is 15.9. The maximum Gasteiger partial charge on any atom is 0.321 e. The lowest BCUT2D eigenvalue weighted by atomic mass is 10.1. The molecule has 0 aromatic heterocycles. The second-order valence-corrected chi connectivity index (χ2v) is 5.87. The van der Waals surface area contributed by atoms with Crippen LogP contribution in [0.2, 0.25) is 0 Å². The number of methoxy groups -OCH3 is 1. The number of piperazine rings is 1. The normalized spacial score (nSPS) is 15.9. The zero-order valence-electron chi connectivity index (χ0n) is 13.9. The van der Waals surface area contributed by atoms with E-state index < -0.39 is 0 Å². The Balaban J connectivity index is 1.82. The largest absolute Gasteiger partial charge is 0.385 e. The van der Waals surface area contributed by atoms with Gasteiger partial charge in [-0.3, -0.25) is 4.90 Å². The molecule has 1 aliphatic rings. The molecular formula is C17H27N3O2. The summed E-state index contributed by atoms with van der Waals surface area (Å²) in [6.07, 6.45) is 1.05. The lowest BCUT2D eigenvalue weighted by molar-refractivity contribution is 0.130. The third-order valence-electron chi connectivity index (χ3n) is 4.20. The first-order valence-corrected chi connectivity index (χ1v) is 7.95. The van der Waals surface area contributed by atoms with E-state index in [2.05, 4.69) is 10.2 Å². The summed E-state index contributed by atoms with van der Waals surface area (Å²) in [5, 5.41) is 3.06. The van der Waals surface area contributed by atoms with E-state index in [1.807, 2.05) is 36.9 Å². The van der Waals surface area contributed by atoms with Gasteiger partial charge in [-0.1, -0.05) is 18.2 Å². The van der Waals surface area contributed by atoms with E-state index >= 15 is 0 Å². The van der Waals surface area contributed by atoms with E-state index in [0.717, 1.165) is 62.6 Å². The Kier molecular flexibility index (Phi) is 6.21. The number of carbonyl (C=O) groups is 1. The van der Waals surface area contributed by atoms with Gasteiger partial charge >= 0.3 is 6.03 Å². The van der Waals surface area contributed by atoms with Crippen molar-refractivity contribution in [3.8, 4) is 0 Å². The first kappa shape index (κ1) is 16.8. The Morgan fingerprint density at radius 2 is 1.82 bits per heavy atom. The van der Waals surface area contributed by atoms with Gasteiger partial charge in [-0.05, 0) is 31.4 Å². The van der Waals surface area contributed by atoms with Gasteiger partial charge in [-0.15, -0.1) is 0 Å². The first-order valence-electron chi connectivity index (χ1n) is 7.95. The predicted molar refractivity (Wildman–Crippen MR) is 89.4 cm³/mol. The van der Waals surface area contributed by atoms with Crippen molar-refractivity contribution in [2.45, 2.75) is 20.3 Å². The summed E-state index contributed by atoms with van der Waals surface area (Å²) >= 11 is 0. The molecule has 0 spiro atoms. The number of aryl methyl sites for hydroxylation is 2. The highest BCUT2D eigenvalue weighted by atomic mass is 16.5. The molecule has 5 nitrogen and oxygen atoms in total. The molecule has 0 aliphatic carbocycles. The van der Waals surface area contributed by atoms with E-state index in [1.165, 1.54) is 0 Å². The van der Waals surface area contributed by atoms with E-state index in [-0.39, 0.29) is 6.03 Å². The average Bonchev–Trinajstić information content (AvgIpc) is 2.52. The van der Waals surface area contributed by atoms with E-state index in [9.17, 15) is 4.79 Å². The van der Waals surface area contributed by atoms with Crippen LogP contribution < -0.4 is 5.32 Å². The van der Waals surface area contributed by atoms with Crippen molar-refractivity contribution in [1.82, 2.24) is 9.80 Å². The number of urea groups is 1. The van der Waals surface area contributed by atoms with Gasteiger partial charge < -0.3 is 15.0 Å². The van der Waals surface area contributed by atoms with Crippen LogP contribution in [0.25, 0.3) is 0 Å². The van der Waals surface area contributed by atoms with Crippen molar-refractivity contribution < 1.29 is 9.53 Å². The molecule has 0 bridgehead atoms. The minimum absolute atomic E-state index is 0.00828. The molecule has 0 unspecified atom stereocenters. The van der Waals surface area contributed by atoms with Crippen LogP contribution in [0.3, 0.4) is 0 Å². The Bertz CT molecular complexity index is 476. The third kappa shape index (κ3) is 4.45. The van der Waals surface area contributed by atoms with Gasteiger partial charge in [-0.25, -0.2) is 4.79 Å². The van der Waals surface area contributed by atoms with Crippen LogP contribution in [0.4, 0.5) is 10.5 Å². The predicted octanol–water partition coefficient (Wildman–Crippen LogP) is 2.49. The molecule has 0 saturated carbocycles. The minimum Gasteiger partial charge on any atom is -0.385 e. The van der Waals surface area contributed by atoms with Crippen molar-refractivity contribution in [1.29, 1.82) is 0 Å². The molecule has 5 heteroatoms. The summed E-state index contributed by atoms with van der Waals surface area (Å²) in [4.78, 5) is 16.7. The van der Waals surface area contributed by atoms with Crippen LogP contribution in [-0.4, -0.2) is 62.3 Å². The van der Waals surface area contributed by atoms with Crippen molar-refractivity contribution in [2.24, 2.45) is 0 Å². The molecule has 2 rings (SSSR count). The number of hydrogen-bond acceptors (Lipinski definition) is 3. The lowest BCUT2D eigenvalue weighted by Crippen LogP contribution is -2.50. The smallest absolute Gasteiger partial charge is 0.321 e. The van der Waals surface area contributed by atoms with E-state index in [4.69, 9.17) is 4.74 Å². The summed E-state index contributed by atoms with van der Waals surface area (Å²) in [5.41, 5.74) is 3.15. The second kappa shape index (κ2) is 8.15. The van der Waals surface area contributed by atoms with Gasteiger partial charge in [0.05, 0.1) is 0 Å². The fourth-order valence-corrected chi connectivity index (χ4v) is 2.80. The summed E-state index contributed by atoms with van der Waals surface area (Å²) in [6.45, 7) is 9.32. The maximum absolute atomic E-state index is 12.4. The Labute approximate surface area is 133 Å². The van der Waals surface area contributed by atoms with Crippen molar-refractivity contribution >= 4 is 11.7 Å². The van der Waals surface area contributed by atoms with Crippen molar-refractivity contribution in [3.63, 3.8) is 0 Å². The SMILES string of the molecule is COCCCN1CCN(C(=O)Nc2c(C)cccc2C)CC1. The third-order valence-corrected chi connectivity index (χ3v) is 4.20. The fourth-order valence-electron chi connectivity index (χ4n) is 2.80. The average molecular weight is 305 g/mol. The van der Waals surface area contributed by atoms with E-state index in [1.54, 1.807) is 7.11 Å². The molecule has 0 atom stereocenters. The van der Waals surface area contributed by atoms with Gasteiger partial charge in [0.2, 0.25) is 0 Å². The highest BCUT2D eigenvalue weighted by Gasteiger charge is 2.21. The first-order chi connectivity index (χ1) is 10.6. The molecule has 2 amide bonds. The van der Waals surface area contributed by atoms with Crippen LogP contribution in [0, 0.1) is 13.8 Å². The number of ether oxygens (including phenoxy) is 1.